The van der Waals surface area contributed by atoms with Crippen molar-refractivity contribution in [3.63, 3.8) is 0 Å². The minimum atomic E-state index is 0.399. The van der Waals surface area contributed by atoms with E-state index >= 15 is 0 Å². The third-order valence-corrected chi connectivity index (χ3v) is 3.59. The number of hydrogen-bond donors (Lipinski definition) is 1. The molecule has 1 fully saturated rings. The summed E-state index contributed by atoms with van der Waals surface area (Å²) in [5.41, 5.74) is 1.26. The van der Waals surface area contributed by atoms with Gasteiger partial charge in [0.2, 0.25) is 0 Å². The summed E-state index contributed by atoms with van der Waals surface area (Å²) >= 11 is 0. The number of nitrogens with one attached hydrogen (secondary N) is 1. The molecule has 108 valence electrons. The molecule has 1 aromatic heterocycles. The van der Waals surface area contributed by atoms with Crippen LogP contribution in [-0.2, 0) is 17.8 Å². The number of ether oxygens (including phenoxy) is 1. The Morgan fingerprint density at radius 2 is 2.42 bits per heavy atom. The Bertz CT molecular complexity index is 365. The summed E-state index contributed by atoms with van der Waals surface area (Å²) in [6.45, 7) is 6.98. The summed E-state index contributed by atoms with van der Waals surface area (Å²) in [5.74, 6) is 1.09. The zero-order valence-corrected chi connectivity index (χ0v) is 12.2. The Balaban J connectivity index is 1.85. The molecular formula is C15H26N2O2. The van der Waals surface area contributed by atoms with Crippen LogP contribution >= 0.6 is 0 Å². The fourth-order valence-corrected chi connectivity index (χ4v) is 2.63. The first-order valence-corrected chi connectivity index (χ1v) is 7.37. The maximum atomic E-state index is 5.87. The van der Waals surface area contributed by atoms with Crippen LogP contribution in [0.25, 0.3) is 0 Å². The quantitative estimate of drug-likeness (QED) is 0.822. The van der Waals surface area contributed by atoms with Crippen LogP contribution in [0.4, 0.5) is 0 Å². The molecule has 0 bridgehead atoms. The van der Waals surface area contributed by atoms with Gasteiger partial charge < -0.3 is 14.5 Å². The van der Waals surface area contributed by atoms with Gasteiger partial charge in [-0.1, -0.05) is 6.92 Å². The van der Waals surface area contributed by atoms with E-state index in [9.17, 15) is 0 Å². The van der Waals surface area contributed by atoms with Crippen molar-refractivity contribution in [3.8, 4) is 0 Å². The number of likely N-dealkylation sites (tertiary alicyclic amines) is 1. The number of piperidine rings is 1. The molecule has 1 aliphatic rings. The van der Waals surface area contributed by atoms with Crippen LogP contribution in [0.5, 0.6) is 0 Å². The Hall–Kier alpha value is -0.840. The first kappa shape index (κ1) is 14.6. The molecule has 1 unspecified atom stereocenters. The van der Waals surface area contributed by atoms with Crippen molar-refractivity contribution < 1.29 is 9.15 Å². The predicted octanol–water partition coefficient (Wildman–Crippen LogP) is 2.39. The van der Waals surface area contributed by atoms with Gasteiger partial charge in [-0.3, -0.25) is 4.90 Å². The topological polar surface area (TPSA) is 37.6 Å². The Morgan fingerprint density at radius 3 is 3.21 bits per heavy atom. The highest BCUT2D eigenvalue weighted by molar-refractivity contribution is 5.16. The lowest BCUT2D eigenvalue weighted by atomic mass is 10.1. The van der Waals surface area contributed by atoms with Gasteiger partial charge in [-0.15, -0.1) is 0 Å². The van der Waals surface area contributed by atoms with Gasteiger partial charge in [0.05, 0.1) is 18.9 Å². The van der Waals surface area contributed by atoms with Gasteiger partial charge in [0.15, 0.2) is 0 Å². The third kappa shape index (κ3) is 4.34. The third-order valence-electron chi connectivity index (χ3n) is 3.59. The Labute approximate surface area is 116 Å². The standard InChI is InChI=1S/C15H26N2O2/c1-3-8-18-14-5-4-7-17(11-14)12-15-13(10-16-2)6-9-19-15/h6,9,14,16H,3-5,7-8,10-12H2,1-2H3. The maximum absolute atomic E-state index is 5.87. The van der Waals surface area contributed by atoms with Crippen LogP contribution in [0.2, 0.25) is 0 Å². The van der Waals surface area contributed by atoms with E-state index in [1.54, 1.807) is 6.26 Å². The van der Waals surface area contributed by atoms with E-state index in [0.717, 1.165) is 45.0 Å². The second kappa shape index (κ2) is 7.68. The van der Waals surface area contributed by atoms with Gasteiger partial charge in [0, 0.05) is 25.3 Å². The van der Waals surface area contributed by atoms with Gasteiger partial charge in [0.1, 0.15) is 5.76 Å². The van der Waals surface area contributed by atoms with Crippen molar-refractivity contribution in [1.82, 2.24) is 10.2 Å². The summed E-state index contributed by atoms with van der Waals surface area (Å²) in [5, 5.41) is 3.18. The summed E-state index contributed by atoms with van der Waals surface area (Å²) < 4.78 is 11.5. The van der Waals surface area contributed by atoms with E-state index < -0.39 is 0 Å². The van der Waals surface area contributed by atoms with Crippen LogP contribution in [0.1, 0.15) is 37.5 Å². The number of furan rings is 1. The van der Waals surface area contributed by atoms with Gasteiger partial charge in [-0.2, -0.15) is 0 Å². The van der Waals surface area contributed by atoms with Crippen molar-refractivity contribution in [2.75, 3.05) is 26.7 Å². The molecule has 4 heteroatoms. The van der Waals surface area contributed by atoms with Crippen LogP contribution in [0.3, 0.4) is 0 Å². The van der Waals surface area contributed by atoms with Crippen molar-refractivity contribution in [2.45, 2.75) is 45.4 Å². The average Bonchev–Trinajstić information content (AvgIpc) is 2.85. The smallest absolute Gasteiger partial charge is 0.122 e. The van der Waals surface area contributed by atoms with Crippen molar-refractivity contribution in [3.05, 3.63) is 23.7 Å². The lowest BCUT2D eigenvalue weighted by Crippen LogP contribution is -2.39. The number of nitrogens with zero attached hydrogens (tertiary/aromatic N) is 1. The molecule has 0 amide bonds. The lowest BCUT2D eigenvalue weighted by molar-refractivity contribution is -0.00382. The van der Waals surface area contributed by atoms with E-state index in [0.29, 0.717) is 6.10 Å². The fourth-order valence-electron chi connectivity index (χ4n) is 2.63. The molecule has 0 saturated carbocycles. The molecule has 1 aliphatic heterocycles. The first-order valence-electron chi connectivity index (χ1n) is 7.37. The average molecular weight is 266 g/mol. The number of rotatable bonds is 7. The highest BCUT2D eigenvalue weighted by Gasteiger charge is 2.21. The van der Waals surface area contributed by atoms with Gasteiger partial charge >= 0.3 is 0 Å². The Kier molecular flexibility index (Phi) is 5.89. The second-order valence-electron chi connectivity index (χ2n) is 5.27. The van der Waals surface area contributed by atoms with Gasteiger partial charge in [-0.25, -0.2) is 0 Å². The molecule has 0 radical (unpaired) electrons. The summed E-state index contributed by atoms with van der Waals surface area (Å²) in [4.78, 5) is 2.45. The molecular weight excluding hydrogens is 240 g/mol. The monoisotopic (exact) mass is 266 g/mol. The molecule has 0 aromatic carbocycles. The molecule has 0 aliphatic carbocycles. The largest absolute Gasteiger partial charge is 0.468 e. The van der Waals surface area contributed by atoms with E-state index in [-0.39, 0.29) is 0 Å². The van der Waals surface area contributed by atoms with Crippen molar-refractivity contribution in [1.29, 1.82) is 0 Å². The fraction of sp³-hybridized carbons (Fsp3) is 0.733. The minimum absolute atomic E-state index is 0.399. The molecule has 4 nitrogen and oxygen atoms in total. The van der Waals surface area contributed by atoms with E-state index in [4.69, 9.17) is 9.15 Å². The minimum Gasteiger partial charge on any atom is -0.468 e. The normalized spacial score (nSPS) is 20.8. The lowest BCUT2D eigenvalue weighted by Gasteiger charge is -2.32. The number of hydrogen-bond acceptors (Lipinski definition) is 4. The molecule has 2 rings (SSSR count). The summed E-state index contributed by atoms with van der Waals surface area (Å²) in [7, 11) is 1.96. The van der Waals surface area contributed by atoms with Crippen LogP contribution < -0.4 is 5.32 Å². The van der Waals surface area contributed by atoms with Crippen molar-refractivity contribution in [2.24, 2.45) is 0 Å². The molecule has 1 aromatic rings. The van der Waals surface area contributed by atoms with E-state index in [1.807, 2.05) is 7.05 Å². The molecule has 19 heavy (non-hydrogen) atoms. The zero-order chi connectivity index (χ0) is 13.5. The van der Waals surface area contributed by atoms with Crippen molar-refractivity contribution >= 4 is 0 Å². The predicted molar refractivity (Wildman–Crippen MR) is 76.0 cm³/mol. The van der Waals surface area contributed by atoms with E-state index in [2.05, 4.69) is 23.2 Å². The molecule has 0 spiro atoms. The summed E-state index contributed by atoms with van der Waals surface area (Å²) in [6.07, 6.45) is 5.70. The van der Waals surface area contributed by atoms with Crippen LogP contribution in [0, 0.1) is 0 Å². The van der Waals surface area contributed by atoms with Gasteiger partial charge in [-0.05, 0) is 38.9 Å². The van der Waals surface area contributed by atoms with Gasteiger partial charge in [0.25, 0.3) is 0 Å². The van der Waals surface area contributed by atoms with E-state index in [1.165, 1.54) is 18.4 Å². The first-order chi connectivity index (χ1) is 9.33. The van der Waals surface area contributed by atoms with Crippen LogP contribution in [0.15, 0.2) is 16.7 Å². The SMILES string of the molecule is CCCOC1CCCN(Cc2occc2CNC)C1. The molecule has 2 heterocycles. The zero-order valence-electron chi connectivity index (χ0n) is 12.2. The highest BCUT2D eigenvalue weighted by Crippen LogP contribution is 2.19. The molecule has 1 N–H and O–H groups in total. The maximum Gasteiger partial charge on any atom is 0.122 e. The highest BCUT2D eigenvalue weighted by atomic mass is 16.5. The second-order valence-corrected chi connectivity index (χ2v) is 5.27. The molecule has 1 saturated heterocycles. The Morgan fingerprint density at radius 1 is 1.53 bits per heavy atom. The molecule has 1 atom stereocenters. The van der Waals surface area contributed by atoms with Crippen LogP contribution in [-0.4, -0.2) is 37.7 Å². The summed E-state index contributed by atoms with van der Waals surface area (Å²) in [6, 6.07) is 2.06.